The minimum absolute atomic E-state index is 0.496. The van der Waals surface area contributed by atoms with Crippen LogP contribution in [0.2, 0.25) is 0 Å². The number of rotatable bonds is 4. The van der Waals surface area contributed by atoms with Crippen molar-refractivity contribution < 1.29 is 0 Å². The summed E-state index contributed by atoms with van der Waals surface area (Å²) in [4.78, 5) is 1.63. The van der Waals surface area contributed by atoms with Gasteiger partial charge < -0.3 is 10.2 Å². The summed E-state index contributed by atoms with van der Waals surface area (Å²) in [6, 6.07) is 0.496. The molecule has 0 saturated carbocycles. The van der Waals surface area contributed by atoms with Gasteiger partial charge in [-0.15, -0.1) is 0 Å². The van der Waals surface area contributed by atoms with Gasteiger partial charge in [0.25, 0.3) is 0 Å². The first-order valence-electron chi connectivity index (χ1n) is 3.48. The zero-order valence-corrected chi connectivity index (χ0v) is 6.89. The van der Waals surface area contributed by atoms with Gasteiger partial charge >= 0.3 is 0 Å². The van der Waals surface area contributed by atoms with E-state index in [0.717, 1.165) is 13.0 Å². The molecule has 1 atom stereocenters. The quantitative estimate of drug-likeness (QED) is 0.455. The van der Waals surface area contributed by atoms with Gasteiger partial charge in [0.05, 0.1) is 0 Å². The monoisotopic (exact) mass is 141 g/mol. The highest BCUT2D eigenvalue weighted by Gasteiger charge is 1.98. The van der Waals surface area contributed by atoms with Gasteiger partial charge in [-0.25, -0.2) is 0 Å². The minimum Gasteiger partial charge on any atom is -0.317 e. The first-order valence-corrected chi connectivity index (χ1v) is 3.48. The normalized spacial score (nSPS) is 12.2. The number of nitrogens with one attached hydrogen (secondary N) is 1. The Bertz CT molecular complexity index is 117. The molecule has 0 radical (unpaired) electrons. The molecule has 0 aliphatic rings. The van der Waals surface area contributed by atoms with Gasteiger partial charge in [-0.3, -0.25) is 0 Å². The molecule has 0 spiro atoms. The van der Waals surface area contributed by atoms with Gasteiger partial charge in [0.1, 0.15) is 0 Å². The van der Waals surface area contributed by atoms with Gasteiger partial charge in [0, 0.05) is 19.6 Å². The van der Waals surface area contributed by atoms with E-state index >= 15 is 0 Å². The molecule has 0 bridgehead atoms. The minimum atomic E-state index is 0.496. The molecule has 0 fully saturated rings. The fourth-order valence-corrected chi connectivity index (χ4v) is 0.582. The van der Waals surface area contributed by atoms with Crippen molar-refractivity contribution in [2.45, 2.75) is 19.4 Å². The van der Waals surface area contributed by atoms with Gasteiger partial charge in [0.2, 0.25) is 0 Å². The Balaban J connectivity index is 3.28. The Morgan fingerprint density at radius 1 is 1.70 bits per heavy atom. The third-order valence-corrected chi connectivity index (χ3v) is 1.56. The smallest absolute Gasteiger partial charge is 0.179 e. The van der Waals surface area contributed by atoms with Crippen molar-refractivity contribution in [3.8, 4) is 6.19 Å². The molecular formula is C7H15N3. The molecule has 0 amide bonds. The van der Waals surface area contributed by atoms with E-state index in [1.807, 2.05) is 13.2 Å². The zero-order valence-electron chi connectivity index (χ0n) is 6.89. The Morgan fingerprint density at radius 2 is 2.30 bits per heavy atom. The van der Waals surface area contributed by atoms with E-state index in [4.69, 9.17) is 5.26 Å². The molecule has 58 valence electrons. The van der Waals surface area contributed by atoms with Gasteiger partial charge in [-0.1, -0.05) is 0 Å². The molecule has 3 heteroatoms. The van der Waals surface area contributed by atoms with Crippen molar-refractivity contribution in [2.75, 3.05) is 20.6 Å². The Morgan fingerprint density at radius 3 is 2.70 bits per heavy atom. The van der Waals surface area contributed by atoms with Gasteiger partial charge in [-0.2, -0.15) is 5.26 Å². The van der Waals surface area contributed by atoms with Crippen LogP contribution >= 0.6 is 0 Å². The highest BCUT2D eigenvalue weighted by atomic mass is 15.1. The van der Waals surface area contributed by atoms with E-state index in [9.17, 15) is 0 Å². The van der Waals surface area contributed by atoms with E-state index < -0.39 is 0 Å². The van der Waals surface area contributed by atoms with Crippen molar-refractivity contribution >= 4 is 0 Å². The molecule has 1 unspecified atom stereocenters. The standard InChI is InChI=1S/C7H15N3/c1-7(9-2)4-5-10(3)6-8/h7,9H,4-5H2,1-3H3. The third kappa shape index (κ3) is 4.16. The lowest BCUT2D eigenvalue weighted by Crippen LogP contribution is -2.26. The van der Waals surface area contributed by atoms with E-state index in [-0.39, 0.29) is 0 Å². The summed E-state index contributed by atoms with van der Waals surface area (Å²) in [5, 5.41) is 11.5. The summed E-state index contributed by atoms with van der Waals surface area (Å²) >= 11 is 0. The first-order chi connectivity index (χ1) is 4.70. The third-order valence-electron chi connectivity index (χ3n) is 1.56. The van der Waals surface area contributed by atoms with Crippen LogP contribution in [0, 0.1) is 11.5 Å². The largest absolute Gasteiger partial charge is 0.317 e. The van der Waals surface area contributed by atoms with Crippen molar-refractivity contribution in [1.29, 1.82) is 5.26 Å². The summed E-state index contributed by atoms with van der Waals surface area (Å²) in [6.07, 6.45) is 3.06. The van der Waals surface area contributed by atoms with Gasteiger partial charge in [0.15, 0.2) is 6.19 Å². The molecule has 0 aromatic carbocycles. The molecule has 0 aliphatic carbocycles. The highest BCUT2D eigenvalue weighted by Crippen LogP contribution is 1.90. The summed E-state index contributed by atoms with van der Waals surface area (Å²) < 4.78 is 0. The fraction of sp³-hybridized carbons (Fsp3) is 0.857. The molecule has 0 aromatic heterocycles. The van der Waals surface area contributed by atoms with Crippen LogP contribution in [0.25, 0.3) is 0 Å². The molecule has 0 aliphatic heterocycles. The van der Waals surface area contributed by atoms with Crippen LogP contribution in [0.4, 0.5) is 0 Å². The molecule has 0 aromatic rings. The second-order valence-corrected chi connectivity index (χ2v) is 2.50. The van der Waals surface area contributed by atoms with Crippen LogP contribution in [0.15, 0.2) is 0 Å². The number of hydrogen-bond donors (Lipinski definition) is 1. The lowest BCUT2D eigenvalue weighted by atomic mass is 10.2. The maximum atomic E-state index is 8.38. The topological polar surface area (TPSA) is 39.1 Å². The van der Waals surface area contributed by atoms with Crippen LogP contribution in [0.1, 0.15) is 13.3 Å². The van der Waals surface area contributed by atoms with E-state index in [2.05, 4.69) is 12.2 Å². The number of nitrogens with zero attached hydrogens (tertiary/aromatic N) is 2. The second-order valence-electron chi connectivity index (χ2n) is 2.50. The van der Waals surface area contributed by atoms with Crippen LogP contribution in [-0.4, -0.2) is 31.6 Å². The SMILES string of the molecule is CNC(C)CCN(C)C#N. The zero-order chi connectivity index (χ0) is 7.98. The summed E-state index contributed by atoms with van der Waals surface area (Å²) in [6.45, 7) is 2.93. The lowest BCUT2D eigenvalue weighted by Gasteiger charge is -2.12. The Labute approximate surface area is 62.6 Å². The van der Waals surface area contributed by atoms with Crippen molar-refractivity contribution in [1.82, 2.24) is 10.2 Å². The molecule has 1 N–H and O–H groups in total. The molecule has 0 heterocycles. The molecule has 3 nitrogen and oxygen atoms in total. The van der Waals surface area contributed by atoms with Crippen molar-refractivity contribution in [3.05, 3.63) is 0 Å². The van der Waals surface area contributed by atoms with Crippen molar-refractivity contribution in [2.24, 2.45) is 0 Å². The average molecular weight is 141 g/mol. The summed E-state index contributed by atoms with van der Waals surface area (Å²) in [5.74, 6) is 0. The molecule has 0 rings (SSSR count). The van der Waals surface area contributed by atoms with E-state index in [1.165, 1.54) is 0 Å². The Kier molecular flexibility index (Phi) is 4.69. The predicted octanol–water partition coefficient (Wildman–Crippen LogP) is 0.397. The van der Waals surface area contributed by atoms with Crippen LogP contribution in [0.3, 0.4) is 0 Å². The van der Waals surface area contributed by atoms with Crippen LogP contribution in [0.5, 0.6) is 0 Å². The predicted molar refractivity (Wildman–Crippen MR) is 41.4 cm³/mol. The Hall–Kier alpha value is -0.750. The maximum absolute atomic E-state index is 8.38. The van der Waals surface area contributed by atoms with E-state index in [0.29, 0.717) is 6.04 Å². The number of hydrogen-bond acceptors (Lipinski definition) is 3. The van der Waals surface area contributed by atoms with Crippen molar-refractivity contribution in [3.63, 3.8) is 0 Å². The van der Waals surface area contributed by atoms with Gasteiger partial charge in [-0.05, 0) is 20.4 Å². The average Bonchev–Trinajstić information content (AvgIpc) is 1.99. The fourth-order valence-electron chi connectivity index (χ4n) is 0.582. The lowest BCUT2D eigenvalue weighted by molar-refractivity contribution is 0.420. The molecular weight excluding hydrogens is 126 g/mol. The summed E-state index contributed by atoms with van der Waals surface area (Å²) in [5.41, 5.74) is 0. The maximum Gasteiger partial charge on any atom is 0.179 e. The highest BCUT2D eigenvalue weighted by molar-refractivity contribution is 4.70. The first kappa shape index (κ1) is 9.25. The number of nitriles is 1. The molecule has 10 heavy (non-hydrogen) atoms. The second kappa shape index (κ2) is 5.07. The van der Waals surface area contributed by atoms with E-state index in [1.54, 1.807) is 11.9 Å². The van der Waals surface area contributed by atoms with Crippen LogP contribution in [-0.2, 0) is 0 Å². The summed E-state index contributed by atoms with van der Waals surface area (Å²) in [7, 11) is 3.72. The van der Waals surface area contributed by atoms with Crippen LogP contribution < -0.4 is 5.32 Å². The molecule has 0 saturated heterocycles.